The summed E-state index contributed by atoms with van der Waals surface area (Å²) in [4.78, 5) is 15.5. The van der Waals surface area contributed by atoms with Crippen LogP contribution >= 0.6 is 0 Å². The lowest BCUT2D eigenvalue weighted by molar-refractivity contribution is -0.120. The van der Waals surface area contributed by atoms with Crippen LogP contribution in [0, 0.1) is 13.8 Å². The summed E-state index contributed by atoms with van der Waals surface area (Å²) >= 11 is 0. The summed E-state index contributed by atoms with van der Waals surface area (Å²) in [6.45, 7) is 8.36. The Labute approximate surface area is 102 Å². The van der Waals surface area contributed by atoms with Gasteiger partial charge in [0.05, 0.1) is 6.04 Å². The van der Waals surface area contributed by atoms with Crippen LogP contribution in [0.15, 0.2) is 0 Å². The number of aromatic nitrogens is 3. The predicted molar refractivity (Wildman–Crippen MR) is 65.4 cm³/mol. The smallest absolute Gasteiger partial charge is 0.234 e. The van der Waals surface area contributed by atoms with Gasteiger partial charge in [-0.1, -0.05) is 13.8 Å². The molecule has 0 radical (unpaired) electrons. The number of hydrogen-bond acceptors (Lipinski definition) is 4. The molecule has 96 valence electrons. The SMILES string of the molecule is Cc1nc(C)n(CCC(NC(C)C)C(N)=O)n1. The van der Waals surface area contributed by atoms with E-state index in [1.807, 2.05) is 27.7 Å². The quantitative estimate of drug-likeness (QED) is 0.739. The molecule has 0 aliphatic rings. The normalized spacial score (nSPS) is 13.0. The molecule has 0 aromatic carbocycles. The van der Waals surface area contributed by atoms with E-state index in [9.17, 15) is 4.79 Å². The number of nitrogens with one attached hydrogen (secondary N) is 1. The molecule has 0 saturated heterocycles. The molecule has 1 unspecified atom stereocenters. The fraction of sp³-hybridized carbons (Fsp3) is 0.727. The summed E-state index contributed by atoms with van der Waals surface area (Å²) in [5.41, 5.74) is 5.35. The van der Waals surface area contributed by atoms with Gasteiger partial charge in [-0.3, -0.25) is 9.48 Å². The van der Waals surface area contributed by atoms with Crippen molar-refractivity contribution in [3.63, 3.8) is 0 Å². The molecule has 0 aliphatic heterocycles. The van der Waals surface area contributed by atoms with E-state index in [0.29, 0.717) is 13.0 Å². The Hall–Kier alpha value is -1.43. The van der Waals surface area contributed by atoms with Gasteiger partial charge >= 0.3 is 0 Å². The van der Waals surface area contributed by atoms with Crippen molar-refractivity contribution in [3.05, 3.63) is 11.6 Å². The van der Waals surface area contributed by atoms with Gasteiger partial charge in [0.2, 0.25) is 5.91 Å². The Bertz CT molecular complexity index is 385. The van der Waals surface area contributed by atoms with Crippen LogP contribution in [0.5, 0.6) is 0 Å². The number of primary amides is 1. The minimum Gasteiger partial charge on any atom is -0.368 e. The maximum absolute atomic E-state index is 11.3. The Morgan fingerprint density at radius 2 is 2.12 bits per heavy atom. The van der Waals surface area contributed by atoms with Crippen molar-refractivity contribution in [2.75, 3.05) is 0 Å². The van der Waals surface area contributed by atoms with Crippen LogP contribution in [-0.4, -0.2) is 32.8 Å². The zero-order chi connectivity index (χ0) is 13.0. The van der Waals surface area contributed by atoms with Gasteiger partial charge < -0.3 is 11.1 Å². The molecule has 17 heavy (non-hydrogen) atoms. The second-order valence-corrected chi connectivity index (χ2v) is 4.49. The third-order valence-electron chi connectivity index (χ3n) is 2.47. The van der Waals surface area contributed by atoms with E-state index in [1.54, 1.807) is 4.68 Å². The molecular formula is C11H21N5O. The van der Waals surface area contributed by atoms with Crippen LogP contribution < -0.4 is 11.1 Å². The summed E-state index contributed by atoms with van der Waals surface area (Å²) in [5.74, 6) is 1.28. The molecule has 1 atom stereocenters. The van der Waals surface area contributed by atoms with Crippen LogP contribution in [-0.2, 0) is 11.3 Å². The highest BCUT2D eigenvalue weighted by Crippen LogP contribution is 2.01. The number of hydrogen-bond donors (Lipinski definition) is 2. The standard InChI is InChI=1S/C11H21N5O/c1-7(2)13-10(11(12)17)5-6-16-9(4)14-8(3)15-16/h7,10,13H,5-6H2,1-4H3,(H2,12,17). The van der Waals surface area contributed by atoms with Crippen molar-refractivity contribution in [3.8, 4) is 0 Å². The third kappa shape index (κ3) is 4.14. The lowest BCUT2D eigenvalue weighted by Crippen LogP contribution is -2.45. The van der Waals surface area contributed by atoms with Crippen LogP contribution in [0.25, 0.3) is 0 Å². The predicted octanol–water partition coefficient (Wildman–Crippen LogP) is 0.137. The molecule has 0 spiro atoms. The topological polar surface area (TPSA) is 85.8 Å². The molecule has 0 bridgehead atoms. The zero-order valence-electron chi connectivity index (χ0n) is 10.9. The average molecular weight is 239 g/mol. The molecule has 0 fully saturated rings. The second-order valence-electron chi connectivity index (χ2n) is 4.49. The van der Waals surface area contributed by atoms with Crippen LogP contribution in [0.2, 0.25) is 0 Å². The van der Waals surface area contributed by atoms with E-state index in [-0.39, 0.29) is 18.0 Å². The largest absolute Gasteiger partial charge is 0.368 e. The van der Waals surface area contributed by atoms with Gasteiger partial charge in [-0.2, -0.15) is 5.10 Å². The van der Waals surface area contributed by atoms with Crippen molar-refractivity contribution in [2.45, 2.75) is 52.7 Å². The molecule has 3 N–H and O–H groups in total. The van der Waals surface area contributed by atoms with Gasteiger partial charge in [0.1, 0.15) is 11.6 Å². The third-order valence-corrected chi connectivity index (χ3v) is 2.47. The first-order chi connectivity index (χ1) is 7.90. The maximum Gasteiger partial charge on any atom is 0.234 e. The van der Waals surface area contributed by atoms with Gasteiger partial charge in [0.15, 0.2) is 0 Å². The number of carbonyl (C=O) groups excluding carboxylic acids is 1. The second kappa shape index (κ2) is 5.77. The molecular weight excluding hydrogens is 218 g/mol. The number of nitrogens with two attached hydrogens (primary N) is 1. The van der Waals surface area contributed by atoms with Crippen LogP contribution in [0.1, 0.15) is 31.9 Å². The first-order valence-electron chi connectivity index (χ1n) is 5.83. The molecule has 6 nitrogen and oxygen atoms in total. The molecule has 1 aromatic heterocycles. The van der Waals surface area contributed by atoms with Gasteiger partial charge in [0, 0.05) is 12.6 Å². The van der Waals surface area contributed by atoms with Gasteiger partial charge in [-0.25, -0.2) is 4.98 Å². The summed E-state index contributed by atoms with van der Waals surface area (Å²) in [5, 5.41) is 7.39. The minimum atomic E-state index is -0.326. The monoisotopic (exact) mass is 239 g/mol. The van der Waals surface area contributed by atoms with E-state index in [1.165, 1.54) is 0 Å². The van der Waals surface area contributed by atoms with E-state index >= 15 is 0 Å². The minimum absolute atomic E-state index is 0.228. The molecule has 1 rings (SSSR count). The van der Waals surface area contributed by atoms with Crippen LogP contribution in [0.3, 0.4) is 0 Å². The molecule has 0 saturated carbocycles. The van der Waals surface area contributed by atoms with Crippen molar-refractivity contribution in [1.29, 1.82) is 0 Å². The first kappa shape index (κ1) is 13.6. The number of amides is 1. The number of rotatable bonds is 6. The molecule has 0 aliphatic carbocycles. The highest BCUT2D eigenvalue weighted by atomic mass is 16.1. The van der Waals surface area contributed by atoms with Crippen molar-refractivity contribution < 1.29 is 4.79 Å². The summed E-state index contributed by atoms with van der Waals surface area (Å²) in [6, 6.07) is -0.0926. The number of aryl methyl sites for hydroxylation is 3. The Morgan fingerprint density at radius 1 is 1.47 bits per heavy atom. The first-order valence-corrected chi connectivity index (χ1v) is 5.83. The highest BCUT2D eigenvalue weighted by molar-refractivity contribution is 5.79. The molecule has 1 aromatic rings. The fourth-order valence-electron chi connectivity index (χ4n) is 1.73. The van der Waals surface area contributed by atoms with E-state index < -0.39 is 0 Å². The van der Waals surface area contributed by atoms with Gasteiger partial charge in [0.25, 0.3) is 0 Å². The van der Waals surface area contributed by atoms with Crippen molar-refractivity contribution in [2.24, 2.45) is 5.73 Å². The van der Waals surface area contributed by atoms with E-state index in [0.717, 1.165) is 11.6 Å². The Balaban J connectivity index is 2.57. The lowest BCUT2D eigenvalue weighted by atomic mass is 10.1. The van der Waals surface area contributed by atoms with Gasteiger partial charge in [-0.15, -0.1) is 0 Å². The van der Waals surface area contributed by atoms with E-state index in [4.69, 9.17) is 5.73 Å². The maximum atomic E-state index is 11.3. The van der Waals surface area contributed by atoms with Crippen LogP contribution in [0.4, 0.5) is 0 Å². The number of nitrogens with zero attached hydrogens (tertiary/aromatic N) is 3. The molecule has 1 heterocycles. The fourth-order valence-corrected chi connectivity index (χ4v) is 1.73. The summed E-state index contributed by atoms with van der Waals surface area (Å²) in [7, 11) is 0. The summed E-state index contributed by atoms with van der Waals surface area (Å²) in [6.07, 6.45) is 0.622. The molecule has 6 heteroatoms. The molecule has 1 amide bonds. The highest BCUT2D eigenvalue weighted by Gasteiger charge is 2.16. The summed E-state index contributed by atoms with van der Waals surface area (Å²) < 4.78 is 1.80. The zero-order valence-corrected chi connectivity index (χ0v) is 10.9. The van der Waals surface area contributed by atoms with E-state index in [2.05, 4.69) is 15.4 Å². The number of carbonyl (C=O) groups is 1. The average Bonchev–Trinajstić information content (AvgIpc) is 2.51. The van der Waals surface area contributed by atoms with Crippen molar-refractivity contribution in [1.82, 2.24) is 20.1 Å². The van der Waals surface area contributed by atoms with Crippen molar-refractivity contribution >= 4 is 5.91 Å². The lowest BCUT2D eigenvalue weighted by Gasteiger charge is -2.18. The Morgan fingerprint density at radius 3 is 2.53 bits per heavy atom. The van der Waals surface area contributed by atoms with Gasteiger partial charge in [-0.05, 0) is 20.3 Å². The Kier molecular flexibility index (Phi) is 4.62.